The van der Waals surface area contributed by atoms with Crippen molar-refractivity contribution in [3.8, 4) is 5.75 Å². The van der Waals surface area contributed by atoms with Gasteiger partial charge in [-0.25, -0.2) is 0 Å². The number of nitrogen functional groups attached to an aromatic ring is 1. The molecule has 0 aromatic heterocycles. The number of nitrogens with zero attached hydrogens (tertiary/aromatic N) is 1. The molecule has 1 atom stereocenters. The maximum absolute atomic E-state index is 11.9. The molecule has 3 aromatic carbocycles. The van der Waals surface area contributed by atoms with Gasteiger partial charge in [0, 0.05) is 32.1 Å². The van der Waals surface area contributed by atoms with Crippen molar-refractivity contribution >= 4 is 17.3 Å². The fourth-order valence-corrected chi connectivity index (χ4v) is 4.94. The minimum atomic E-state index is -0.822. The molecule has 0 saturated heterocycles. The quantitative estimate of drug-likeness (QED) is 0.300. The van der Waals surface area contributed by atoms with E-state index < -0.39 is 5.97 Å². The Morgan fingerprint density at radius 1 is 1.11 bits per heavy atom. The number of aliphatic carboxylic acids is 1. The highest BCUT2D eigenvalue weighted by molar-refractivity contribution is 5.74. The van der Waals surface area contributed by atoms with Gasteiger partial charge in [0.15, 0.2) is 0 Å². The fourth-order valence-electron chi connectivity index (χ4n) is 4.94. The summed E-state index contributed by atoms with van der Waals surface area (Å²) in [5, 5.41) is 12.9. The van der Waals surface area contributed by atoms with Crippen LogP contribution in [0.25, 0.3) is 0 Å². The van der Waals surface area contributed by atoms with E-state index in [0.717, 1.165) is 41.2 Å². The zero-order chi connectivity index (χ0) is 25.8. The number of hydrogen-bond acceptors (Lipinski definition) is 5. The molecule has 0 aliphatic heterocycles. The van der Waals surface area contributed by atoms with E-state index in [2.05, 4.69) is 47.5 Å². The van der Waals surface area contributed by atoms with Crippen LogP contribution in [0.5, 0.6) is 5.75 Å². The van der Waals surface area contributed by atoms with Gasteiger partial charge in [-0.15, -0.1) is 0 Å². The van der Waals surface area contributed by atoms with Gasteiger partial charge in [-0.3, -0.25) is 9.69 Å². The second-order valence-electron chi connectivity index (χ2n) is 9.81. The highest BCUT2D eigenvalue weighted by atomic mass is 16.5. The first-order chi connectivity index (χ1) is 17.3. The highest BCUT2D eigenvalue weighted by Crippen LogP contribution is 2.37. The van der Waals surface area contributed by atoms with Crippen LogP contribution in [-0.4, -0.2) is 36.2 Å². The third-order valence-electron chi connectivity index (χ3n) is 7.34. The second-order valence-corrected chi connectivity index (χ2v) is 9.81. The molecule has 0 radical (unpaired) electrons. The monoisotopic (exact) mass is 487 g/mol. The van der Waals surface area contributed by atoms with Gasteiger partial charge in [0.05, 0.1) is 24.9 Å². The Labute approximate surface area is 214 Å². The van der Waals surface area contributed by atoms with Crippen molar-refractivity contribution in [2.45, 2.75) is 58.2 Å². The second kappa shape index (κ2) is 11.0. The largest absolute Gasteiger partial charge is 0.497 e. The lowest BCUT2D eigenvalue weighted by atomic mass is 9.84. The zero-order valence-electron chi connectivity index (χ0n) is 21.7. The normalized spacial score (nSPS) is 14.0. The Hall–Kier alpha value is -3.51. The molecule has 0 bridgehead atoms. The number of nitrogens with two attached hydrogens (primary N) is 1. The lowest BCUT2D eigenvalue weighted by Gasteiger charge is -2.25. The van der Waals surface area contributed by atoms with E-state index in [1.807, 2.05) is 38.2 Å². The van der Waals surface area contributed by atoms with Crippen LogP contribution in [0.2, 0.25) is 0 Å². The molecule has 36 heavy (non-hydrogen) atoms. The maximum Gasteiger partial charge on any atom is 0.304 e. The molecule has 6 nitrogen and oxygen atoms in total. The number of benzene rings is 3. The number of carbonyl (C=O) groups is 1. The Balaban J connectivity index is 1.64. The molecule has 4 rings (SSSR count). The molecule has 190 valence electrons. The number of anilines is 2. The van der Waals surface area contributed by atoms with Gasteiger partial charge >= 0.3 is 5.97 Å². The molecule has 1 unspecified atom stereocenters. The van der Waals surface area contributed by atoms with Crippen molar-refractivity contribution in [1.29, 1.82) is 0 Å². The van der Waals surface area contributed by atoms with Crippen LogP contribution in [0, 0.1) is 13.8 Å². The van der Waals surface area contributed by atoms with E-state index in [1.165, 1.54) is 29.5 Å². The number of methoxy groups -OCH3 is 1. The molecule has 1 aliphatic carbocycles. The van der Waals surface area contributed by atoms with Crippen molar-refractivity contribution in [3.05, 3.63) is 88.0 Å². The average Bonchev–Trinajstić information content (AvgIpc) is 3.71. The Morgan fingerprint density at radius 3 is 2.44 bits per heavy atom. The molecule has 0 spiro atoms. The van der Waals surface area contributed by atoms with E-state index in [-0.39, 0.29) is 12.3 Å². The van der Waals surface area contributed by atoms with Crippen molar-refractivity contribution in [2.24, 2.45) is 0 Å². The minimum Gasteiger partial charge on any atom is -0.497 e. The molecular weight excluding hydrogens is 450 g/mol. The summed E-state index contributed by atoms with van der Waals surface area (Å²) in [6.07, 6.45) is 2.44. The molecule has 1 fully saturated rings. The lowest BCUT2D eigenvalue weighted by molar-refractivity contribution is -0.137. The van der Waals surface area contributed by atoms with Crippen LogP contribution in [-0.2, 0) is 17.9 Å². The van der Waals surface area contributed by atoms with Crippen LogP contribution < -0.4 is 15.8 Å². The van der Waals surface area contributed by atoms with E-state index in [1.54, 1.807) is 7.11 Å². The van der Waals surface area contributed by atoms with E-state index in [9.17, 15) is 9.90 Å². The summed E-state index contributed by atoms with van der Waals surface area (Å²) in [5.41, 5.74) is 14.5. The molecule has 1 aliphatic rings. The van der Waals surface area contributed by atoms with Crippen LogP contribution in [0.4, 0.5) is 11.4 Å². The molecule has 4 N–H and O–H groups in total. The average molecular weight is 488 g/mol. The van der Waals surface area contributed by atoms with Crippen LogP contribution in [0.15, 0.2) is 54.6 Å². The van der Waals surface area contributed by atoms with Gasteiger partial charge in [-0.2, -0.15) is 0 Å². The van der Waals surface area contributed by atoms with Crippen molar-refractivity contribution in [1.82, 2.24) is 4.90 Å². The van der Waals surface area contributed by atoms with Gasteiger partial charge in [0.1, 0.15) is 5.75 Å². The molecule has 6 heteroatoms. The number of aryl methyl sites for hydroxylation is 1. The minimum absolute atomic E-state index is 0.0138. The number of nitrogens with one attached hydrogen (secondary N) is 1. The standard InChI is InChI=1S/C30H37N3O3/c1-19-5-8-22(27(16-29(34)35)26-13-14-28(32-3)30(31)20(26)2)15-23(19)18-33(24-9-10-24)17-21-6-11-25(36-4)12-7-21/h5-8,11-15,24,27,32H,9-10,16-18,31H2,1-4H3,(H,34,35). The van der Waals surface area contributed by atoms with Crippen molar-refractivity contribution in [2.75, 3.05) is 25.2 Å². The lowest BCUT2D eigenvalue weighted by Crippen LogP contribution is -2.25. The molecule has 0 amide bonds. The topological polar surface area (TPSA) is 87.8 Å². The van der Waals surface area contributed by atoms with Crippen LogP contribution in [0.1, 0.15) is 58.6 Å². The van der Waals surface area contributed by atoms with Crippen LogP contribution >= 0.6 is 0 Å². The number of hydrogen-bond donors (Lipinski definition) is 3. The number of ether oxygens (including phenoxy) is 1. The predicted octanol–water partition coefficient (Wildman–Crippen LogP) is 5.71. The third-order valence-corrected chi connectivity index (χ3v) is 7.34. The molecule has 0 heterocycles. The summed E-state index contributed by atoms with van der Waals surface area (Å²) in [5.74, 6) is -0.230. The highest BCUT2D eigenvalue weighted by Gasteiger charge is 2.30. The first-order valence-corrected chi connectivity index (χ1v) is 12.6. The van der Waals surface area contributed by atoms with Crippen LogP contribution in [0.3, 0.4) is 0 Å². The van der Waals surface area contributed by atoms with Gasteiger partial charge in [0.25, 0.3) is 0 Å². The third kappa shape index (κ3) is 5.82. The Morgan fingerprint density at radius 2 is 1.83 bits per heavy atom. The van der Waals surface area contributed by atoms with E-state index in [0.29, 0.717) is 11.7 Å². The smallest absolute Gasteiger partial charge is 0.304 e. The SMILES string of the molecule is CNc1ccc(C(CC(=O)O)c2ccc(C)c(CN(Cc3ccc(OC)cc3)C3CC3)c2)c(C)c1N. The summed E-state index contributed by atoms with van der Waals surface area (Å²) in [7, 11) is 3.52. The summed E-state index contributed by atoms with van der Waals surface area (Å²) in [6.45, 7) is 5.81. The molecule has 1 saturated carbocycles. The Kier molecular flexibility index (Phi) is 7.85. The summed E-state index contributed by atoms with van der Waals surface area (Å²) in [4.78, 5) is 14.4. The van der Waals surface area contributed by atoms with E-state index in [4.69, 9.17) is 10.5 Å². The number of rotatable bonds is 11. The summed E-state index contributed by atoms with van der Waals surface area (Å²) < 4.78 is 5.31. The maximum atomic E-state index is 11.9. The van der Waals surface area contributed by atoms with Gasteiger partial charge in [-0.05, 0) is 78.3 Å². The fraction of sp³-hybridized carbons (Fsp3) is 0.367. The van der Waals surface area contributed by atoms with Crippen molar-refractivity contribution in [3.63, 3.8) is 0 Å². The van der Waals surface area contributed by atoms with Gasteiger partial charge < -0.3 is 20.9 Å². The zero-order valence-corrected chi connectivity index (χ0v) is 21.7. The van der Waals surface area contributed by atoms with Crippen molar-refractivity contribution < 1.29 is 14.6 Å². The Bertz CT molecular complexity index is 1220. The van der Waals surface area contributed by atoms with Gasteiger partial charge in [0.2, 0.25) is 0 Å². The molecular formula is C30H37N3O3. The van der Waals surface area contributed by atoms with Gasteiger partial charge in [-0.1, -0.05) is 36.4 Å². The summed E-state index contributed by atoms with van der Waals surface area (Å²) >= 11 is 0. The first kappa shape index (κ1) is 25.6. The summed E-state index contributed by atoms with van der Waals surface area (Å²) in [6, 6.07) is 19.2. The molecule has 3 aromatic rings. The van der Waals surface area contributed by atoms with E-state index >= 15 is 0 Å². The number of carboxylic acid groups (broad SMARTS) is 1. The number of carboxylic acids is 1. The predicted molar refractivity (Wildman–Crippen MR) is 146 cm³/mol. The first-order valence-electron chi connectivity index (χ1n) is 12.6.